The molecule has 1 aromatic heterocycles. The Kier molecular flexibility index (Phi) is 5.64. The Morgan fingerprint density at radius 3 is 2.78 bits per heavy atom. The fourth-order valence-electron chi connectivity index (χ4n) is 3.00. The number of carbonyl (C=O) groups excluding carboxylic acids is 2. The average molecular weight is 342 g/mol. The summed E-state index contributed by atoms with van der Waals surface area (Å²) >= 11 is 0. The van der Waals surface area contributed by atoms with Gasteiger partial charge in [0.05, 0.1) is 18.7 Å². The Morgan fingerprint density at radius 2 is 2.17 bits per heavy atom. The Bertz CT molecular complexity index is 572. The predicted molar refractivity (Wildman–Crippen MR) is 88.4 cm³/mol. The third kappa shape index (κ3) is 4.23. The Hall–Kier alpha value is -1.60. The molecule has 1 saturated heterocycles. The molecule has 1 aliphatic carbocycles. The highest BCUT2D eigenvalue weighted by Gasteiger charge is 2.36. The monoisotopic (exact) mass is 341 g/mol. The molecular formula is C15H24ClN5O2. The largest absolute Gasteiger partial charge is 0.352 e. The first-order chi connectivity index (χ1) is 10.5. The molecule has 2 amide bonds. The summed E-state index contributed by atoms with van der Waals surface area (Å²) < 4.78 is 1.75. The first-order valence-electron chi connectivity index (χ1n) is 7.78. The van der Waals surface area contributed by atoms with Crippen LogP contribution in [0, 0.1) is 5.92 Å². The second-order valence-electron chi connectivity index (χ2n) is 6.35. The molecule has 2 heterocycles. The van der Waals surface area contributed by atoms with Crippen molar-refractivity contribution >= 4 is 24.2 Å². The molecule has 2 atom stereocenters. The van der Waals surface area contributed by atoms with Gasteiger partial charge < -0.3 is 15.5 Å². The van der Waals surface area contributed by atoms with Crippen LogP contribution in [-0.2, 0) is 16.6 Å². The van der Waals surface area contributed by atoms with Gasteiger partial charge in [0.15, 0.2) is 0 Å². The summed E-state index contributed by atoms with van der Waals surface area (Å²) in [6, 6.07) is 0.326. The van der Waals surface area contributed by atoms with Crippen molar-refractivity contribution in [2.45, 2.75) is 24.8 Å². The van der Waals surface area contributed by atoms with Gasteiger partial charge in [-0.1, -0.05) is 0 Å². The van der Waals surface area contributed by atoms with E-state index in [1.54, 1.807) is 16.6 Å². The molecule has 0 unspecified atom stereocenters. The van der Waals surface area contributed by atoms with E-state index in [0.717, 1.165) is 24.9 Å². The topological polar surface area (TPSA) is 79.3 Å². The summed E-state index contributed by atoms with van der Waals surface area (Å²) in [5, 5.41) is 10.4. The lowest BCUT2D eigenvalue weighted by Gasteiger charge is -2.23. The number of aromatic nitrogens is 2. The molecule has 128 valence electrons. The Morgan fingerprint density at radius 1 is 1.43 bits per heavy atom. The van der Waals surface area contributed by atoms with E-state index in [4.69, 9.17) is 0 Å². The number of rotatable bonds is 5. The van der Waals surface area contributed by atoms with Crippen molar-refractivity contribution in [2.24, 2.45) is 13.0 Å². The molecule has 1 saturated carbocycles. The highest BCUT2D eigenvalue weighted by molar-refractivity contribution is 5.86. The molecule has 0 aromatic carbocycles. The van der Waals surface area contributed by atoms with E-state index in [1.165, 1.54) is 0 Å². The number of halogens is 1. The van der Waals surface area contributed by atoms with Crippen LogP contribution in [0.1, 0.15) is 24.3 Å². The van der Waals surface area contributed by atoms with Gasteiger partial charge in [0.25, 0.3) is 0 Å². The Balaban J connectivity index is 0.00000192. The molecule has 3 rings (SSSR count). The number of hydrogen-bond donors (Lipinski definition) is 2. The van der Waals surface area contributed by atoms with Crippen molar-refractivity contribution in [3.63, 3.8) is 0 Å². The van der Waals surface area contributed by atoms with Crippen LogP contribution in [0.15, 0.2) is 12.4 Å². The average Bonchev–Trinajstić information content (AvgIpc) is 2.99. The minimum atomic E-state index is -0.136. The number of aryl methyl sites for hydroxylation is 1. The molecular weight excluding hydrogens is 318 g/mol. The quantitative estimate of drug-likeness (QED) is 0.782. The number of hydrogen-bond acceptors (Lipinski definition) is 4. The summed E-state index contributed by atoms with van der Waals surface area (Å²) in [7, 11) is 3.57. The fraction of sp³-hybridized carbons (Fsp3) is 0.667. The molecule has 2 fully saturated rings. The van der Waals surface area contributed by atoms with E-state index in [1.807, 2.05) is 19.4 Å². The zero-order valence-electron chi connectivity index (χ0n) is 13.5. The van der Waals surface area contributed by atoms with Gasteiger partial charge in [0, 0.05) is 45.3 Å². The molecule has 8 heteroatoms. The standard InChI is InChI=1S/C15H23N5O2.ClH/c1-19(9-14(21)18-11-3-4-11)15(22)13-7-16-6-12(13)10-5-17-20(2)8-10;/h5,8,11-13,16H,3-4,6-7,9H2,1-2H3,(H,18,21);1H/t12-,13+;/m1./s1. The lowest BCUT2D eigenvalue weighted by molar-refractivity contribution is -0.137. The van der Waals surface area contributed by atoms with E-state index < -0.39 is 0 Å². The number of likely N-dealkylation sites (N-methyl/N-ethyl adjacent to an activating group) is 1. The minimum absolute atomic E-state index is 0. The van der Waals surface area contributed by atoms with E-state index in [0.29, 0.717) is 12.6 Å². The van der Waals surface area contributed by atoms with E-state index in [9.17, 15) is 9.59 Å². The van der Waals surface area contributed by atoms with Gasteiger partial charge in [-0.25, -0.2) is 0 Å². The van der Waals surface area contributed by atoms with Crippen LogP contribution in [0.2, 0.25) is 0 Å². The number of carbonyl (C=O) groups is 2. The second-order valence-corrected chi connectivity index (χ2v) is 6.35. The maximum Gasteiger partial charge on any atom is 0.239 e. The molecule has 2 aliphatic rings. The van der Waals surface area contributed by atoms with Crippen LogP contribution in [0.5, 0.6) is 0 Å². The van der Waals surface area contributed by atoms with E-state index in [2.05, 4.69) is 15.7 Å². The molecule has 2 N–H and O–H groups in total. The minimum Gasteiger partial charge on any atom is -0.352 e. The third-order valence-electron chi connectivity index (χ3n) is 4.38. The predicted octanol–water partition coefficient (Wildman–Crippen LogP) is -0.118. The Labute approximate surface area is 142 Å². The van der Waals surface area contributed by atoms with Gasteiger partial charge in [-0.3, -0.25) is 14.3 Å². The van der Waals surface area contributed by atoms with Crippen LogP contribution < -0.4 is 10.6 Å². The first-order valence-corrected chi connectivity index (χ1v) is 7.78. The molecule has 0 bridgehead atoms. The van der Waals surface area contributed by atoms with Crippen molar-refractivity contribution < 1.29 is 9.59 Å². The molecule has 7 nitrogen and oxygen atoms in total. The highest BCUT2D eigenvalue weighted by Crippen LogP contribution is 2.29. The fourth-order valence-corrected chi connectivity index (χ4v) is 3.00. The second kappa shape index (κ2) is 7.31. The molecule has 0 radical (unpaired) electrons. The van der Waals surface area contributed by atoms with E-state index >= 15 is 0 Å². The van der Waals surface area contributed by atoms with Crippen molar-refractivity contribution in [3.8, 4) is 0 Å². The summed E-state index contributed by atoms with van der Waals surface area (Å²) in [4.78, 5) is 26.0. The van der Waals surface area contributed by atoms with Gasteiger partial charge in [-0.2, -0.15) is 5.10 Å². The maximum atomic E-state index is 12.7. The first kappa shape index (κ1) is 17.7. The van der Waals surface area contributed by atoms with Gasteiger partial charge in [-0.15, -0.1) is 12.4 Å². The van der Waals surface area contributed by atoms with E-state index in [-0.39, 0.29) is 42.6 Å². The van der Waals surface area contributed by atoms with Crippen molar-refractivity contribution in [1.82, 2.24) is 25.3 Å². The van der Waals surface area contributed by atoms with Crippen LogP contribution in [0.3, 0.4) is 0 Å². The summed E-state index contributed by atoms with van der Waals surface area (Å²) in [5.41, 5.74) is 1.07. The maximum absolute atomic E-state index is 12.7. The van der Waals surface area contributed by atoms with Crippen molar-refractivity contribution in [1.29, 1.82) is 0 Å². The third-order valence-corrected chi connectivity index (χ3v) is 4.38. The summed E-state index contributed by atoms with van der Waals surface area (Å²) in [6.45, 7) is 1.54. The lowest BCUT2D eigenvalue weighted by Crippen LogP contribution is -2.42. The van der Waals surface area contributed by atoms with Crippen LogP contribution >= 0.6 is 12.4 Å². The molecule has 1 aromatic rings. The number of amides is 2. The summed E-state index contributed by atoms with van der Waals surface area (Å²) in [5.74, 6) is -0.0647. The van der Waals surface area contributed by atoms with Crippen molar-refractivity contribution in [3.05, 3.63) is 18.0 Å². The smallest absolute Gasteiger partial charge is 0.239 e. The van der Waals surface area contributed by atoms with Crippen LogP contribution in [0.4, 0.5) is 0 Å². The van der Waals surface area contributed by atoms with Gasteiger partial charge in [-0.05, 0) is 18.4 Å². The number of nitrogens with one attached hydrogen (secondary N) is 2. The van der Waals surface area contributed by atoms with Crippen LogP contribution in [-0.4, -0.2) is 59.2 Å². The van der Waals surface area contributed by atoms with Gasteiger partial charge in [0.2, 0.25) is 11.8 Å². The summed E-state index contributed by atoms with van der Waals surface area (Å²) in [6.07, 6.45) is 5.88. The normalized spacial score (nSPS) is 23.2. The van der Waals surface area contributed by atoms with Crippen LogP contribution in [0.25, 0.3) is 0 Å². The SMILES string of the molecule is CN(CC(=O)NC1CC1)C(=O)[C@H]1CNC[C@@H]1c1cnn(C)c1.Cl. The molecule has 23 heavy (non-hydrogen) atoms. The highest BCUT2D eigenvalue weighted by atomic mass is 35.5. The molecule has 1 aliphatic heterocycles. The zero-order valence-corrected chi connectivity index (χ0v) is 14.3. The lowest BCUT2D eigenvalue weighted by atomic mass is 9.90. The van der Waals surface area contributed by atoms with Gasteiger partial charge in [0.1, 0.15) is 0 Å². The molecule has 0 spiro atoms. The van der Waals surface area contributed by atoms with Crippen molar-refractivity contribution in [2.75, 3.05) is 26.7 Å². The zero-order chi connectivity index (χ0) is 15.7. The van der Waals surface area contributed by atoms with Gasteiger partial charge >= 0.3 is 0 Å². The number of nitrogens with zero attached hydrogens (tertiary/aromatic N) is 3.